The molecule has 2 atom stereocenters. The minimum Gasteiger partial charge on any atom is -0.444 e. The molecule has 0 saturated carbocycles. The second-order valence-corrected chi connectivity index (χ2v) is 9.69. The molecule has 1 aromatic heterocycles. The zero-order valence-corrected chi connectivity index (χ0v) is 20.0. The van der Waals surface area contributed by atoms with Crippen LogP contribution in [0.2, 0.25) is 0 Å². The highest BCUT2D eigenvalue weighted by atomic mass is 16.7. The Balaban J connectivity index is 1.23. The number of hydroxylamine groups is 2. The minimum absolute atomic E-state index is 0.0346. The quantitative estimate of drug-likeness (QED) is 0.551. The molecule has 34 heavy (non-hydrogen) atoms. The number of alkyl carbamates (subject to hydrolysis) is 1. The fourth-order valence-electron chi connectivity index (χ4n) is 4.18. The van der Waals surface area contributed by atoms with Crippen LogP contribution in [0.4, 0.5) is 9.59 Å². The molecule has 2 aromatic rings. The van der Waals surface area contributed by atoms with E-state index in [1.165, 1.54) is 5.06 Å². The SMILES string of the molecule is CC(C)(C)OC(=O)NCCCCc1nnc(C2CCC3CN2C(=O)N3OCc2ccccc2)o1. The van der Waals surface area contributed by atoms with Crippen molar-refractivity contribution in [2.45, 2.75) is 77.2 Å². The number of nitrogens with zero attached hydrogens (tertiary/aromatic N) is 4. The highest BCUT2D eigenvalue weighted by molar-refractivity contribution is 5.77. The second kappa shape index (κ2) is 10.4. The van der Waals surface area contributed by atoms with Gasteiger partial charge in [0.2, 0.25) is 11.8 Å². The summed E-state index contributed by atoms with van der Waals surface area (Å²) in [6.45, 7) is 6.95. The maximum absolute atomic E-state index is 13.0. The van der Waals surface area contributed by atoms with Gasteiger partial charge in [0.1, 0.15) is 18.2 Å². The van der Waals surface area contributed by atoms with Crippen LogP contribution >= 0.6 is 0 Å². The molecule has 10 heteroatoms. The summed E-state index contributed by atoms with van der Waals surface area (Å²) in [7, 11) is 0. The zero-order chi connectivity index (χ0) is 24.1. The van der Waals surface area contributed by atoms with Crippen LogP contribution in [0.1, 0.15) is 69.8 Å². The van der Waals surface area contributed by atoms with Crippen LogP contribution < -0.4 is 5.32 Å². The molecule has 1 aromatic carbocycles. The number of amides is 3. The Labute approximate surface area is 199 Å². The van der Waals surface area contributed by atoms with Gasteiger partial charge in [-0.25, -0.2) is 9.59 Å². The Kier molecular flexibility index (Phi) is 7.35. The van der Waals surface area contributed by atoms with Crippen molar-refractivity contribution in [2.24, 2.45) is 0 Å². The van der Waals surface area contributed by atoms with Gasteiger partial charge in [-0.1, -0.05) is 30.3 Å². The standard InChI is InChI=1S/C24H33N5O5/c1-24(2,3)34-22(30)25-14-8-7-11-20-26-27-21(33-20)19-13-12-18-15-28(19)23(31)29(18)32-16-17-9-5-4-6-10-17/h4-6,9-10,18-19H,7-8,11-16H2,1-3H3,(H,25,30). The molecule has 2 saturated heterocycles. The van der Waals surface area contributed by atoms with Gasteiger partial charge < -0.3 is 19.4 Å². The number of unbranched alkanes of at least 4 members (excludes halogenated alkanes) is 1. The van der Waals surface area contributed by atoms with Crippen LogP contribution in [0.5, 0.6) is 0 Å². The van der Waals surface area contributed by atoms with Crippen molar-refractivity contribution in [3.05, 3.63) is 47.7 Å². The number of piperidine rings is 1. The molecule has 2 fully saturated rings. The highest BCUT2D eigenvalue weighted by Crippen LogP contribution is 2.38. The predicted molar refractivity (Wildman–Crippen MR) is 122 cm³/mol. The van der Waals surface area contributed by atoms with Gasteiger partial charge in [-0.05, 0) is 52.0 Å². The lowest BCUT2D eigenvalue weighted by Gasteiger charge is -2.27. The smallest absolute Gasteiger partial charge is 0.407 e. The van der Waals surface area contributed by atoms with Gasteiger partial charge in [0.05, 0.1) is 6.04 Å². The molecular formula is C24H33N5O5. The second-order valence-electron chi connectivity index (χ2n) is 9.69. The molecule has 2 bridgehead atoms. The number of aromatic nitrogens is 2. The van der Waals surface area contributed by atoms with Crippen molar-refractivity contribution < 1.29 is 23.6 Å². The van der Waals surface area contributed by atoms with Gasteiger partial charge in [0, 0.05) is 19.5 Å². The zero-order valence-electron chi connectivity index (χ0n) is 20.0. The molecule has 184 valence electrons. The van der Waals surface area contributed by atoms with E-state index in [2.05, 4.69) is 15.5 Å². The third-order valence-electron chi connectivity index (χ3n) is 5.79. The van der Waals surface area contributed by atoms with E-state index in [1.54, 1.807) is 4.90 Å². The normalized spacial score (nSPS) is 20.0. The maximum atomic E-state index is 13.0. The van der Waals surface area contributed by atoms with Crippen LogP contribution in [-0.4, -0.2) is 57.0 Å². The first-order valence-electron chi connectivity index (χ1n) is 11.9. The molecule has 2 aliphatic rings. The lowest BCUT2D eigenvalue weighted by molar-refractivity contribution is -0.140. The summed E-state index contributed by atoms with van der Waals surface area (Å²) in [6, 6.07) is 9.45. The maximum Gasteiger partial charge on any atom is 0.407 e. The number of hydrogen-bond acceptors (Lipinski definition) is 7. The first kappa shape index (κ1) is 24.0. The van der Waals surface area contributed by atoms with Crippen LogP contribution in [0.15, 0.2) is 34.7 Å². The average molecular weight is 472 g/mol. The third-order valence-corrected chi connectivity index (χ3v) is 5.79. The molecule has 0 spiro atoms. The Morgan fingerprint density at radius 2 is 1.97 bits per heavy atom. The lowest BCUT2D eigenvalue weighted by atomic mass is 10.0. The Morgan fingerprint density at radius 1 is 1.18 bits per heavy atom. The monoisotopic (exact) mass is 471 g/mol. The Morgan fingerprint density at radius 3 is 2.74 bits per heavy atom. The first-order chi connectivity index (χ1) is 16.3. The van der Waals surface area contributed by atoms with Crippen molar-refractivity contribution in [3.63, 3.8) is 0 Å². The molecule has 2 aliphatic heterocycles. The summed E-state index contributed by atoms with van der Waals surface area (Å²) in [6.07, 6.45) is 3.31. The highest BCUT2D eigenvalue weighted by Gasteiger charge is 2.47. The number of aryl methyl sites for hydroxylation is 1. The predicted octanol–water partition coefficient (Wildman–Crippen LogP) is 3.99. The van der Waals surface area contributed by atoms with Crippen molar-refractivity contribution in [2.75, 3.05) is 13.1 Å². The first-order valence-corrected chi connectivity index (χ1v) is 11.9. The van der Waals surface area contributed by atoms with E-state index in [0.29, 0.717) is 37.9 Å². The number of urea groups is 1. The fourth-order valence-corrected chi connectivity index (χ4v) is 4.18. The summed E-state index contributed by atoms with van der Waals surface area (Å²) in [4.78, 5) is 32.3. The van der Waals surface area contributed by atoms with E-state index < -0.39 is 11.7 Å². The van der Waals surface area contributed by atoms with E-state index in [-0.39, 0.29) is 18.1 Å². The molecular weight excluding hydrogens is 438 g/mol. The minimum atomic E-state index is -0.509. The molecule has 3 heterocycles. The Bertz CT molecular complexity index is 974. The molecule has 3 amide bonds. The summed E-state index contributed by atoms with van der Waals surface area (Å²) >= 11 is 0. The van der Waals surface area contributed by atoms with Gasteiger partial charge >= 0.3 is 12.1 Å². The largest absolute Gasteiger partial charge is 0.444 e. The Hall–Kier alpha value is -3.14. The van der Waals surface area contributed by atoms with E-state index in [1.807, 2.05) is 51.1 Å². The summed E-state index contributed by atoms with van der Waals surface area (Å²) in [5, 5.41) is 12.6. The number of ether oxygens (including phenoxy) is 1. The van der Waals surface area contributed by atoms with E-state index in [9.17, 15) is 9.59 Å². The van der Waals surface area contributed by atoms with Crippen molar-refractivity contribution in [1.82, 2.24) is 25.5 Å². The van der Waals surface area contributed by atoms with Gasteiger partial charge in [0.25, 0.3) is 0 Å². The summed E-state index contributed by atoms with van der Waals surface area (Å²) in [5.41, 5.74) is 0.511. The summed E-state index contributed by atoms with van der Waals surface area (Å²) in [5.74, 6) is 1.01. The molecule has 1 N–H and O–H groups in total. The molecule has 0 aliphatic carbocycles. The van der Waals surface area contributed by atoms with Gasteiger partial charge in [-0.3, -0.25) is 4.84 Å². The van der Waals surface area contributed by atoms with Gasteiger partial charge in [-0.2, -0.15) is 5.06 Å². The van der Waals surface area contributed by atoms with E-state index in [0.717, 1.165) is 31.2 Å². The van der Waals surface area contributed by atoms with Crippen LogP contribution in [-0.2, 0) is 22.6 Å². The van der Waals surface area contributed by atoms with Gasteiger partial charge in [0.15, 0.2) is 0 Å². The van der Waals surface area contributed by atoms with Crippen molar-refractivity contribution in [3.8, 4) is 0 Å². The topological polar surface area (TPSA) is 110 Å². The molecule has 0 radical (unpaired) electrons. The molecule has 10 nitrogen and oxygen atoms in total. The molecule has 4 rings (SSSR count). The summed E-state index contributed by atoms with van der Waals surface area (Å²) < 4.78 is 11.1. The third kappa shape index (κ3) is 6.05. The lowest BCUT2D eigenvalue weighted by Crippen LogP contribution is -2.34. The number of carbonyl (C=O) groups excluding carboxylic acids is 2. The van der Waals surface area contributed by atoms with E-state index in [4.69, 9.17) is 14.0 Å². The number of benzene rings is 1. The number of carbonyl (C=O) groups is 2. The van der Waals surface area contributed by atoms with Crippen LogP contribution in [0, 0.1) is 0 Å². The number of nitrogens with one attached hydrogen (secondary N) is 1. The van der Waals surface area contributed by atoms with Crippen molar-refractivity contribution >= 4 is 12.1 Å². The van der Waals surface area contributed by atoms with Crippen LogP contribution in [0.25, 0.3) is 0 Å². The number of hydrogen-bond donors (Lipinski definition) is 1. The number of rotatable bonds is 9. The number of fused-ring (bicyclic) bond motifs is 2. The fraction of sp³-hybridized carbons (Fsp3) is 0.583. The van der Waals surface area contributed by atoms with Gasteiger partial charge in [-0.15, -0.1) is 10.2 Å². The molecule has 2 unspecified atom stereocenters. The van der Waals surface area contributed by atoms with E-state index >= 15 is 0 Å². The average Bonchev–Trinajstić information content (AvgIpc) is 3.35. The van der Waals surface area contributed by atoms with Crippen molar-refractivity contribution in [1.29, 1.82) is 0 Å². The van der Waals surface area contributed by atoms with Crippen LogP contribution in [0.3, 0.4) is 0 Å².